The molecule has 2 atom stereocenters. The summed E-state index contributed by atoms with van der Waals surface area (Å²) in [7, 11) is 0. The minimum atomic E-state index is -0.677. The lowest BCUT2D eigenvalue weighted by Crippen LogP contribution is -2.28. The maximum Gasteiger partial charge on any atom is 0.195 e. The van der Waals surface area contributed by atoms with Gasteiger partial charge in [0.25, 0.3) is 0 Å². The van der Waals surface area contributed by atoms with E-state index in [4.69, 9.17) is 21.1 Å². The van der Waals surface area contributed by atoms with E-state index < -0.39 is 5.79 Å². The van der Waals surface area contributed by atoms with Gasteiger partial charge in [-0.3, -0.25) is 0 Å². The first-order chi connectivity index (χ1) is 10.6. The van der Waals surface area contributed by atoms with Crippen molar-refractivity contribution in [1.82, 2.24) is 9.55 Å². The Morgan fingerprint density at radius 1 is 1.18 bits per heavy atom. The van der Waals surface area contributed by atoms with Crippen LogP contribution in [0.3, 0.4) is 0 Å². The first-order valence-corrected chi connectivity index (χ1v) is 8.04. The second-order valence-corrected chi connectivity index (χ2v) is 6.25. The molecule has 2 unspecified atom stereocenters. The molecule has 2 heterocycles. The monoisotopic (exact) mass is 320 g/mol. The first-order valence-electron chi connectivity index (χ1n) is 7.66. The number of nitrogens with zero attached hydrogens (tertiary/aromatic N) is 2. The average Bonchev–Trinajstić information content (AvgIpc) is 3.10. The second-order valence-electron chi connectivity index (χ2n) is 5.81. The van der Waals surface area contributed by atoms with Gasteiger partial charge in [0.1, 0.15) is 0 Å². The van der Waals surface area contributed by atoms with Gasteiger partial charge >= 0.3 is 0 Å². The summed E-state index contributed by atoms with van der Waals surface area (Å²) < 4.78 is 14.5. The quantitative estimate of drug-likeness (QED) is 0.835. The van der Waals surface area contributed by atoms with Crippen molar-refractivity contribution >= 4 is 11.6 Å². The van der Waals surface area contributed by atoms with E-state index in [0.29, 0.717) is 0 Å². The number of hydrogen-bond acceptors (Lipinski definition) is 3. The molecular weight excluding hydrogens is 300 g/mol. The summed E-state index contributed by atoms with van der Waals surface area (Å²) >= 11 is 6.00. The molecule has 1 aromatic carbocycles. The molecule has 3 rings (SSSR count). The third-order valence-electron chi connectivity index (χ3n) is 4.18. The summed E-state index contributed by atoms with van der Waals surface area (Å²) in [6, 6.07) is 7.75. The molecule has 0 radical (unpaired) electrons. The number of aromatic nitrogens is 2. The maximum atomic E-state index is 6.22. The van der Waals surface area contributed by atoms with Crippen LogP contribution in [0, 0.1) is 0 Å². The Hall–Kier alpha value is -1.36. The summed E-state index contributed by atoms with van der Waals surface area (Å²) in [6.45, 7) is 5.00. The number of rotatable bonds is 5. The summed E-state index contributed by atoms with van der Waals surface area (Å²) in [5.74, 6) is -0.677. The van der Waals surface area contributed by atoms with Gasteiger partial charge in [0, 0.05) is 35.9 Å². The Bertz CT molecular complexity index is 588. The molecule has 1 aromatic heterocycles. The number of imidazole rings is 1. The lowest BCUT2D eigenvalue weighted by Gasteiger charge is -2.29. The highest BCUT2D eigenvalue weighted by molar-refractivity contribution is 6.30. The van der Waals surface area contributed by atoms with E-state index in [0.717, 1.165) is 30.0 Å². The Morgan fingerprint density at radius 3 is 2.45 bits per heavy atom. The van der Waals surface area contributed by atoms with Crippen LogP contribution >= 0.6 is 11.6 Å². The standard InChI is InChI=1S/C17H21ClN2O2/c1-13-14(2)22-17(21-13,15-4-6-16(18)7-5-15)8-3-10-20-11-9-19-12-20/h4-7,9,11-14H,3,8,10H2,1-2H3. The van der Waals surface area contributed by atoms with Crippen molar-refractivity contribution in [2.24, 2.45) is 0 Å². The zero-order valence-electron chi connectivity index (χ0n) is 12.9. The van der Waals surface area contributed by atoms with E-state index in [2.05, 4.69) is 23.4 Å². The highest BCUT2D eigenvalue weighted by Crippen LogP contribution is 2.41. The molecule has 0 amide bonds. The normalized spacial score (nSPS) is 28.1. The summed E-state index contributed by atoms with van der Waals surface area (Å²) in [4.78, 5) is 4.07. The summed E-state index contributed by atoms with van der Waals surface area (Å²) in [5, 5.41) is 0.719. The van der Waals surface area contributed by atoms with E-state index in [-0.39, 0.29) is 12.2 Å². The topological polar surface area (TPSA) is 36.3 Å². The average molecular weight is 321 g/mol. The molecule has 5 heteroatoms. The molecule has 1 fully saturated rings. The van der Waals surface area contributed by atoms with Crippen LogP contribution < -0.4 is 0 Å². The van der Waals surface area contributed by atoms with Gasteiger partial charge in [-0.2, -0.15) is 0 Å². The number of hydrogen-bond donors (Lipinski definition) is 0. The minimum absolute atomic E-state index is 0.0731. The smallest absolute Gasteiger partial charge is 0.195 e. The SMILES string of the molecule is CC1OC(CCCn2ccnc2)(c2ccc(Cl)cc2)OC1C. The molecule has 2 aromatic rings. The zero-order valence-corrected chi connectivity index (χ0v) is 13.7. The molecule has 1 aliphatic heterocycles. The van der Waals surface area contributed by atoms with Gasteiger partial charge in [-0.25, -0.2) is 4.98 Å². The van der Waals surface area contributed by atoms with E-state index in [1.54, 1.807) is 6.20 Å². The van der Waals surface area contributed by atoms with Gasteiger partial charge in [0.2, 0.25) is 0 Å². The fourth-order valence-corrected chi connectivity index (χ4v) is 2.96. The molecule has 0 aliphatic carbocycles. The maximum absolute atomic E-state index is 6.22. The fourth-order valence-electron chi connectivity index (χ4n) is 2.84. The Labute approximate surface area is 136 Å². The van der Waals surface area contributed by atoms with Gasteiger partial charge in [-0.1, -0.05) is 23.7 Å². The second kappa shape index (κ2) is 6.41. The van der Waals surface area contributed by atoms with Crippen LogP contribution in [0.1, 0.15) is 32.3 Å². The Morgan fingerprint density at radius 2 is 1.86 bits per heavy atom. The molecule has 22 heavy (non-hydrogen) atoms. The highest BCUT2D eigenvalue weighted by atomic mass is 35.5. The van der Waals surface area contributed by atoms with Crippen molar-refractivity contribution < 1.29 is 9.47 Å². The Balaban J connectivity index is 1.76. The third-order valence-corrected chi connectivity index (χ3v) is 4.43. The van der Waals surface area contributed by atoms with E-state index in [1.165, 1.54) is 0 Å². The highest BCUT2D eigenvalue weighted by Gasteiger charge is 2.44. The number of aryl methyl sites for hydroxylation is 1. The molecule has 0 spiro atoms. The van der Waals surface area contributed by atoms with Crippen molar-refractivity contribution in [3.63, 3.8) is 0 Å². The van der Waals surface area contributed by atoms with E-state index in [9.17, 15) is 0 Å². The van der Waals surface area contributed by atoms with E-state index >= 15 is 0 Å². The van der Waals surface area contributed by atoms with Crippen LogP contribution in [-0.4, -0.2) is 21.8 Å². The van der Waals surface area contributed by atoms with Crippen molar-refractivity contribution in [3.8, 4) is 0 Å². The lowest BCUT2D eigenvalue weighted by molar-refractivity contribution is -0.188. The van der Waals surface area contributed by atoms with Crippen molar-refractivity contribution in [2.75, 3.05) is 0 Å². The van der Waals surface area contributed by atoms with Crippen LogP contribution in [0.25, 0.3) is 0 Å². The predicted molar refractivity (Wildman–Crippen MR) is 85.7 cm³/mol. The van der Waals surface area contributed by atoms with Gasteiger partial charge in [0.15, 0.2) is 5.79 Å². The van der Waals surface area contributed by atoms with Gasteiger partial charge in [0.05, 0.1) is 18.5 Å². The van der Waals surface area contributed by atoms with Crippen LogP contribution in [0.4, 0.5) is 0 Å². The van der Waals surface area contributed by atoms with Crippen LogP contribution in [0.2, 0.25) is 5.02 Å². The third kappa shape index (κ3) is 3.19. The molecular formula is C17H21ClN2O2. The molecule has 0 bridgehead atoms. The van der Waals surface area contributed by atoms with Crippen LogP contribution in [-0.2, 0) is 21.8 Å². The number of halogens is 1. The molecule has 4 nitrogen and oxygen atoms in total. The number of benzene rings is 1. The Kier molecular flexibility index (Phi) is 4.52. The lowest BCUT2D eigenvalue weighted by atomic mass is 10.0. The van der Waals surface area contributed by atoms with Crippen LogP contribution in [0.5, 0.6) is 0 Å². The molecule has 1 saturated heterocycles. The fraction of sp³-hybridized carbons (Fsp3) is 0.471. The van der Waals surface area contributed by atoms with Crippen molar-refractivity contribution in [2.45, 2.75) is 51.2 Å². The van der Waals surface area contributed by atoms with Gasteiger partial charge in [-0.15, -0.1) is 0 Å². The van der Waals surface area contributed by atoms with Gasteiger partial charge < -0.3 is 14.0 Å². The first kappa shape index (κ1) is 15.5. The molecule has 118 valence electrons. The van der Waals surface area contributed by atoms with Crippen LogP contribution in [0.15, 0.2) is 43.0 Å². The summed E-state index contributed by atoms with van der Waals surface area (Å²) in [6.07, 6.45) is 7.47. The predicted octanol–water partition coefficient (Wildman–Crippen LogP) is 3.99. The molecule has 1 aliphatic rings. The van der Waals surface area contributed by atoms with Crippen molar-refractivity contribution in [1.29, 1.82) is 0 Å². The largest absolute Gasteiger partial charge is 0.340 e. The van der Waals surface area contributed by atoms with Crippen molar-refractivity contribution in [3.05, 3.63) is 53.6 Å². The van der Waals surface area contributed by atoms with Gasteiger partial charge in [-0.05, 0) is 32.4 Å². The number of ether oxygens (including phenoxy) is 2. The molecule has 0 N–H and O–H groups in total. The summed E-state index contributed by atoms with van der Waals surface area (Å²) in [5.41, 5.74) is 1.03. The zero-order chi connectivity index (χ0) is 15.6. The molecule has 0 saturated carbocycles. The van der Waals surface area contributed by atoms with E-state index in [1.807, 2.05) is 36.8 Å². The minimum Gasteiger partial charge on any atom is -0.340 e.